The maximum absolute atomic E-state index is 4.46. The number of rotatable bonds is 7. The Hall–Kier alpha value is -2.18. The first-order valence-electron chi connectivity index (χ1n) is 7.41. The van der Waals surface area contributed by atoms with E-state index in [1.807, 2.05) is 6.20 Å². The highest BCUT2D eigenvalue weighted by Crippen LogP contribution is 2.49. The van der Waals surface area contributed by atoms with E-state index in [4.69, 9.17) is 0 Å². The number of hydrogen-bond donors (Lipinski definition) is 2. The third-order valence-corrected chi connectivity index (χ3v) is 3.94. The van der Waals surface area contributed by atoms with Crippen molar-refractivity contribution in [2.24, 2.45) is 5.41 Å². The van der Waals surface area contributed by atoms with Gasteiger partial charge < -0.3 is 10.6 Å². The number of anilines is 2. The van der Waals surface area contributed by atoms with Crippen LogP contribution in [0, 0.1) is 5.41 Å². The van der Waals surface area contributed by atoms with Crippen molar-refractivity contribution in [2.75, 3.05) is 24.2 Å². The molecular formula is C14H21N7. The van der Waals surface area contributed by atoms with Crippen LogP contribution in [-0.4, -0.2) is 38.1 Å². The molecule has 7 nitrogen and oxygen atoms in total. The third-order valence-electron chi connectivity index (χ3n) is 3.94. The summed E-state index contributed by atoms with van der Waals surface area (Å²) in [5.74, 6) is 1.73. The van der Waals surface area contributed by atoms with E-state index in [1.165, 1.54) is 25.7 Å². The Labute approximate surface area is 124 Å². The Bertz CT molecular complexity index is 589. The smallest absolute Gasteiger partial charge is 0.241 e. The molecule has 2 heterocycles. The standard InChI is InChI=1S/C14H21N7/c1-3-4-14(5-6-14)9-17-12-18-11(15-2)19-13(20-12)21-8-7-16-10-21/h7-8,10H,3-6,9H2,1-2H3,(H2,15,17,18,19,20). The molecule has 0 aromatic carbocycles. The first kappa shape index (κ1) is 13.8. The number of nitrogens with zero attached hydrogens (tertiary/aromatic N) is 5. The van der Waals surface area contributed by atoms with Gasteiger partial charge in [-0.05, 0) is 24.7 Å². The molecule has 0 bridgehead atoms. The molecule has 0 saturated heterocycles. The van der Waals surface area contributed by atoms with E-state index in [1.54, 1.807) is 24.1 Å². The van der Waals surface area contributed by atoms with Crippen molar-refractivity contribution in [2.45, 2.75) is 32.6 Å². The molecule has 3 rings (SSSR count). The van der Waals surface area contributed by atoms with Gasteiger partial charge in [-0.3, -0.25) is 4.57 Å². The van der Waals surface area contributed by atoms with Crippen molar-refractivity contribution in [3.05, 3.63) is 18.7 Å². The zero-order valence-corrected chi connectivity index (χ0v) is 12.5. The van der Waals surface area contributed by atoms with Crippen LogP contribution in [0.4, 0.5) is 11.9 Å². The van der Waals surface area contributed by atoms with Gasteiger partial charge in [0.2, 0.25) is 17.8 Å². The Morgan fingerprint density at radius 1 is 1.24 bits per heavy atom. The van der Waals surface area contributed by atoms with Crippen LogP contribution in [0.3, 0.4) is 0 Å². The zero-order valence-electron chi connectivity index (χ0n) is 12.5. The van der Waals surface area contributed by atoms with Crippen LogP contribution in [0.5, 0.6) is 0 Å². The molecule has 0 unspecified atom stereocenters. The van der Waals surface area contributed by atoms with Gasteiger partial charge in [-0.25, -0.2) is 4.98 Å². The molecule has 1 aliphatic carbocycles. The maximum Gasteiger partial charge on any atom is 0.241 e. The minimum absolute atomic E-state index is 0.455. The third kappa shape index (κ3) is 3.12. The van der Waals surface area contributed by atoms with E-state index in [-0.39, 0.29) is 0 Å². The fourth-order valence-electron chi connectivity index (χ4n) is 2.54. The summed E-state index contributed by atoms with van der Waals surface area (Å²) in [7, 11) is 1.80. The van der Waals surface area contributed by atoms with Crippen molar-refractivity contribution >= 4 is 11.9 Å². The van der Waals surface area contributed by atoms with Gasteiger partial charge in [0.1, 0.15) is 6.33 Å². The van der Waals surface area contributed by atoms with Crippen molar-refractivity contribution in [3.8, 4) is 5.95 Å². The summed E-state index contributed by atoms with van der Waals surface area (Å²) in [5, 5.41) is 6.35. The molecule has 0 amide bonds. The van der Waals surface area contributed by atoms with Crippen molar-refractivity contribution in [3.63, 3.8) is 0 Å². The van der Waals surface area contributed by atoms with E-state index in [2.05, 4.69) is 37.5 Å². The highest BCUT2D eigenvalue weighted by molar-refractivity contribution is 5.38. The van der Waals surface area contributed by atoms with E-state index < -0.39 is 0 Å². The van der Waals surface area contributed by atoms with Gasteiger partial charge in [-0.15, -0.1) is 0 Å². The summed E-state index contributed by atoms with van der Waals surface area (Å²) >= 11 is 0. The molecule has 0 radical (unpaired) electrons. The number of hydrogen-bond acceptors (Lipinski definition) is 6. The van der Waals surface area contributed by atoms with Crippen LogP contribution in [0.25, 0.3) is 5.95 Å². The summed E-state index contributed by atoms with van der Waals surface area (Å²) in [6.07, 6.45) is 10.3. The summed E-state index contributed by atoms with van der Waals surface area (Å²) in [4.78, 5) is 17.2. The van der Waals surface area contributed by atoms with Gasteiger partial charge in [0, 0.05) is 26.0 Å². The molecule has 7 heteroatoms. The van der Waals surface area contributed by atoms with Gasteiger partial charge >= 0.3 is 0 Å². The van der Waals surface area contributed by atoms with Gasteiger partial charge in [0.05, 0.1) is 0 Å². The second kappa shape index (κ2) is 5.67. The molecule has 1 saturated carbocycles. The van der Waals surface area contributed by atoms with Crippen molar-refractivity contribution < 1.29 is 0 Å². The van der Waals surface area contributed by atoms with Crippen LogP contribution in [0.2, 0.25) is 0 Å². The van der Waals surface area contributed by atoms with E-state index in [0.29, 0.717) is 23.3 Å². The van der Waals surface area contributed by atoms with E-state index in [9.17, 15) is 0 Å². The van der Waals surface area contributed by atoms with E-state index in [0.717, 1.165) is 6.54 Å². The lowest BCUT2D eigenvalue weighted by molar-refractivity contribution is 0.484. The lowest BCUT2D eigenvalue weighted by atomic mass is 10.0. The second-order valence-corrected chi connectivity index (χ2v) is 5.61. The molecular weight excluding hydrogens is 266 g/mol. The topological polar surface area (TPSA) is 80.5 Å². The predicted octanol–water partition coefficient (Wildman–Crippen LogP) is 2.09. The minimum atomic E-state index is 0.455. The SMILES string of the molecule is CCCC1(CNc2nc(NC)nc(-n3ccnc3)n2)CC1. The van der Waals surface area contributed by atoms with Crippen LogP contribution >= 0.6 is 0 Å². The monoisotopic (exact) mass is 287 g/mol. The molecule has 2 aromatic heterocycles. The fourth-order valence-corrected chi connectivity index (χ4v) is 2.54. The normalized spacial score (nSPS) is 15.7. The average molecular weight is 287 g/mol. The Morgan fingerprint density at radius 3 is 2.67 bits per heavy atom. The van der Waals surface area contributed by atoms with Gasteiger partial charge in [-0.2, -0.15) is 15.0 Å². The Balaban J connectivity index is 1.77. The summed E-state index contributed by atoms with van der Waals surface area (Å²) in [6, 6.07) is 0. The molecule has 2 aromatic rings. The van der Waals surface area contributed by atoms with Gasteiger partial charge in [0.15, 0.2) is 0 Å². The Kier molecular flexibility index (Phi) is 3.72. The zero-order chi connectivity index (χ0) is 14.7. The number of aromatic nitrogens is 5. The molecule has 0 atom stereocenters. The van der Waals surface area contributed by atoms with Crippen LogP contribution in [-0.2, 0) is 0 Å². The molecule has 0 spiro atoms. The molecule has 1 fully saturated rings. The van der Waals surface area contributed by atoms with E-state index >= 15 is 0 Å². The van der Waals surface area contributed by atoms with Crippen LogP contribution in [0.1, 0.15) is 32.6 Å². The highest BCUT2D eigenvalue weighted by atomic mass is 15.3. The lowest BCUT2D eigenvalue weighted by Crippen LogP contribution is -2.18. The first-order chi connectivity index (χ1) is 10.2. The van der Waals surface area contributed by atoms with Crippen molar-refractivity contribution in [1.82, 2.24) is 24.5 Å². The fraction of sp³-hybridized carbons (Fsp3) is 0.571. The van der Waals surface area contributed by atoms with Crippen LogP contribution < -0.4 is 10.6 Å². The summed E-state index contributed by atoms with van der Waals surface area (Å²) in [5.41, 5.74) is 0.455. The molecule has 1 aliphatic rings. The summed E-state index contributed by atoms with van der Waals surface area (Å²) < 4.78 is 1.77. The highest BCUT2D eigenvalue weighted by Gasteiger charge is 2.41. The van der Waals surface area contributed by atoms with Gasteiger partial charge in [-0.1, -0.05) is 13.3 Å². The predicted molar refractivity (Wildman–Crippen MR) is 81.6 cm³/mol. The minimum Gasteiger partial charge on any atom is -0.357 e. The molecule has 2 N–H and O–H groups in total. The quantitative estimate of drug-likeness (QED) is 0.811. The number of nitrogens with one attached hydrogen (secondary N) is 2. The van der Waals surface area contributed by atoms with Crippen molar-refractivity contribution in [1.29, 1.82) is 0 Å². The molecule has 21 heavy (non-hydrogen) atoms. The Morgan fingerprint density at radius 2 is 2.05 bits per heavy atom. The lowest BCUT2D eigenvalue weighted by Gasteiger charge is -2.15. The largest absolute Gasteiger partial charge is 0.357 e. The summed E-state index contributed by atoms with van der Waals surface area (Å²) in [6.45, 7) is 3.16. The average Bonchev–Trinajstić information content (AvgIpc) is 3.05. The van der Waals surface area contributed by atoms with Gasteiger partial charge in [0.25, 0.3) is 0 Å². The maximum atomic E-state index is 4.46. The number of imidazole rings is 1. The molecule has 0 aliphatic heterocycles. The second-order valence-electron chi connectivity index (χ2n) is 5.61. The van der Waals surface area contributed by atoms with Crippen LogP contribution in [0.15, 0.2) is 18.7 Å². The first-order valence-corrected chi connectivity index (χ1v) is 7.41. The molecule has 112 valence electrons.